The predicted octanol–water partition coefficient (Wildman–Crippen LogP) is 2.68. The number of allylic oxidation sites excluding steroid dienone is 2. The van der Waals surface area contributed by atoms with Crippen LogP contribution in [0, 0.1) is 17.8 Å². The molecule has 0 amide bonds. The third kappa shape index (κ3) is 3.48. The number of nitrogens with zero attached hydrogens (tertiary/aromatic N) is 1. The molecule has 25 heavy (non-hydrogen) atoms. The van der Waals surface area contributed by atoms with Crippen LogP contribution < -0.4 is 0 Å². The standard InChI is InChI=1S/C19H26N2O4/c1-4-25-19(23)14-7-5-12(9-11(14)2)17-15-8-6-13(18(22)24-3)10-16(15)20-21-17/h5,11,13-14H,4,6-10H2,1-3H3,(H,20,21). The minimum absolute atomic E-state index is 0.0674. The molecule has 1 aromatic rings. The van der Waals surface area contributed by atoms with Gasteiger partial charge in [-0.15, -0.1) is 0 Å². The minimum Gasteiger partial charge on any atom is -0.469 e. The van der Waals surface area contributed by atoms with Crippen molar-refractivity contribution in [2.45, 2.75) is 46.0 Å². The highest BCUT2D eigenvalue weighted by Gasteiger charge is 2.33. The Labute approximate surface area is 148 Å². The fraction of sp³-hybridized carbons (Fsp3) is 0.632. The quantitative estimate of drug-likeness (QED) is 0.848. The Kier molecular flexibility index (Phi) is 5.25. The number of carbonyl (C=O) groups excluding carboxylic acids is 2. The van der Waals surface area contributed by atoms with E-state index in [-0.39, 0.29) is 29.7 Å². The van der Waals surface area contributed by atoms with Gasteiger partial charge in [-0.1, -0.05) is 13.0 Å². The molecule has 136 valence electrons. The van der Waals surface area contributed by atoms with E-state index in [0.717, 1.165) is 30.7 Å². The van der Waals surface area contributed by atoms with Gasteiger partial charge in [0.05, 0.1) is 31.2 Å². The highest BCUT2D eigenvalue weighted by Crippen LogP contribution is 2.38. The molecule has 2 aliphatic rings. The second kappa shape index (κ2) is 7.42. The molecule has 2 aliphatic carbocycles. The predicted molar refractivity (Wildman–Crippen MR) is 92.6 cm³/mol. The van der Waals surface area contributed by atoms with Gasteiger partial charge in [0.25, 0.3) is 0 Å². The van der Waals surface area contributed by atoms with E-state index in [0.29, 0.717) is 19.4 Å². The van der Waals surface area contributed by atoms with Gasteiger partial charge in [-0.25, -0.2) is 0 Å². The van der Waals surface area contributed by atoms with Crippen LogP contribution in [-0.2, 0) is 31.9 Å². The fourth-order valence-electron chi connectivity index (χ4n) is 3.99. The average Bonchev–Trinajstić information content (AvgIpc) is 3.04. The summed E-state index contributed by atoms with van der Waals surface area (Å²) >= 11 is 0. The Hall–Kier alpha value is -2.11. The van der Waals surface area contributed by atoms with Crippen LogP contribution in [0.2, 0.25) is 0 Å². The molecule has 3 rings (SSSR count). The summed E-state index contributed by atoms with van der Waals surface area (Å²) < 4.78 is 10.0. The highest BCUT2D eigenvalue weighted by molar-refractivity contribution is 5.77. The van der Waals surface area contributed by atoms with Crippen LogP contribution in [0.1, 0.15) is 50.1 Å². The van der Waals surface area contributed by atoms with E-state index in [1.807, 2.05) is 6.92 Å². The van der Waals surface area contributed by atoms with E-state index in [1.165, 1.54) is 18.2 Å². The second-order valence-corrected chi connectivity index (χ2v) is 7.00. The molecule has 0 radical (unpaired) electrons. The minimum atomic E-state index is -0.149. The number of carbonyl (C=O) groups is 2. The molecule has 0 spiro atoms. The van der Waals surface area contributed by atoms with Crippen molar-refractivity contribution in [1.29, 1.82) is 0 Å². The summed E-state index contributed by atoms with van der Waals surface area (Å²) in [6.45, 7) is 4.36. The van der Waals surface area contributed by atoms with Gasteiger partial charge in [-0.05, 0) is 44.1 Å². The van der Waals surface area contributed by atoms with E-state index in [4.69, 9.17) is 9.47 Å². The fourth-order valence-corrected chi connectivity index (χ4v) is 3.99. The number of methoxy groups -OCH3 is 1. The third-order valence-electron chi connectivity index (χ3n) is 5.42. The Morgan fingerprint density at radius 1 is 1.32 bits per heavy atom. The van der Waals surface area contributed by atoms with Gasteiger partial charge in [0.2, 0.25) is 0 Å². The Morgan fingerprint density at radius 3 is 2.80 bits per heavy atom. The highest BCUT2D eigenvalue weighted by atomic mass is 16.5. The van der Waals surface area contributed by atoms with Gasteiger partial charge in [0.1, 0.15) is 0 Å². The SMILES string of the molecule is CCOC(=O)C1CC=C(c2n[nH]c3c2CCC(C(=O)OC)C3)CC1C. The summed E-state index contributed by atoms with van der Waals surface area (Å²) in [5.41, 5.74) is 4.46. The van der Waals surface area contributed by atoms with Gasteiger partial charge in [-0.2, -0.15) is 5.10 Å². The van der Waals surface area contributed by atoms with Crippen LogP contribution in [0.15, 0.2) is 6.08 Å². The summed E-state index contributed by atoms with van der Waals surface area (Å²) in [5, 5.41) is 7.63. The number of hydrogen-bond acceptors (Lipinski definition) is 5. The summed E-state index contributed by atoms with van der Waals surface area (Å²) in [7, 11) is 1.43. The lowest BCUT2D eigenvalue weighted by atomic mass is 9.78. The molecular weight excluding hydrogens is 320 g/mol. The van der Waals surface area contributed by atoms with E-state index >= 15 is 0 Å². The first-order valence-electron chi connectivity index (χ1n) is 9.05. The molecule has 1 aromatic heterocycles. The van der Waals surface area contributed by atoms with Crippen molar-refractivity contribution in [2.24, 2.45) is 17.8 Å². The number of aromatic amines is 1. The molecule has 3 atom stereocenters. The molecule has 3 unspecified atom stereocenters. The topological polar surface area (TPSA) is 81.3 Å². The van der Waals surface area contributed by atoms with Crippen LogP contribution >= 0.6 is 0 Å². The molecule has 1 heterocycles. The number of fused-ring (bicyclic) bond motifs is 1. The lowest BCUT2D eigenvalue weighted by Gasteiger charge is -2.27. The zero-order valence-electron chi connectivity index (χ0n) is 15.1. The Morgan fingerprint density at radius 2 is 2.12 bits per heavy atom. The van der Waals surface area contributed by atoms with Gasteiger partial charge >= 0.3 is 11.9 Å². The van der Waals surface area contributed by atoms with Crippen LogP contribution in [0.4, 0.5) is 0 Å². The van der Waals surface area contributed by atoms with Crippen LogP contribution in [0.3, 0.4) is 0 Å². The van der Waals surface area contributed by atoms with E-state index < -0.39 is 0 Å². The average molecular weight is 346 g/mol. The van der Waals surface area contributed by atoms with Gasteiger partial charge in [-0.3, -0.25) is 14.7 Å². The lowest BCUT2D eigenvalue weighted by Crippen LogP contribution is -2.27. The van der Waals surface area contributed by atoms with Crippen molar-refractivity contribution in [3.05, 3.63) is 23.0 Å². The molecule has 0 bridgehead atoms. The molecule has 6 nitrogen and oxygen atoms in total. The molecule has 0 aliphatic heterocycles. The number of rotatable bonds is 4. The zero-order valence-corrected chi connectivity index (χ0v) is 15.1. The van der Waals surface area contributed by atoms with Crippen molar-refractivity contribution in [3.63, 3.8) is 0 Å². The number of hydrogen-bond donors (Lipinski definition) is 1. The maximum Gasteiger partial charge on any atom is 0.309 e. The first kappa shape index (κ1) is 17.7. The van der Waals surface area contributed by atoms with Crippen LogP contribution in [0.5, 0.6) is 0 Å². The van der Waals surface area contributed by atoms with Gasteiger partial charge in [0, 0.05) is 17.7 Å². The van der Waals surface area contributed by atoms with E-state index in [9.17, 15) is 9.59 Å². The summed E-state index contributed by atoms with van der Waals surface area (Å²) in [4.78, 5) is 23.8. The summed E-state index contributed by atoms with van der Waals surface area (Å²) in [6, 6.07) is 0. The number of nitrogens with one attached hydrogen (secondary N) is 1. The first-order valence-corrected chi connectivity index (χ1v) is 9.05. The molecule has 0 saturated heterocycles. The van der Waals surface area contributed by atoms with Crippen LogP contribution in [0.25, 0.3) is 5.57 Å². The van der Waals surface area contributed by atoms with Crippen molar-refractivity contribution in [3.8, 4) is 0 Å². The molecule has 1 N–H and O–H groups in total. The van der Waals surface area contributed by atoms with Gasteiger partial charge in [0.15, 0.2) is 0 Å². The molecule has 0 fully saturated rings. The molecule has 6 heteroatoms. The van der Waals surface area contributed by atoms with Gasteiger partial charge < -0.3 is 9.47 Å². The smallest absolute Gasteiger partial charge is 0.309 e. The number of ether oxygens (including phenoxy) is 2. The zero-order chi connectivity index (χ0) is 18.0. The first-order chi connectivity index (χ1) is 12.0. The molecule has 0 saturated carbocycles. The second-order valence-electron chi connectivity index (χ2n) is 7.00. The monoisotopic (exact) mass is 346 g/mol. The molecular formula is C19H26N2O4. The largest absolute Gasteiger partial charge is 0.469 e. The Bertz CT molecular complexity index is 692. The maximum absolute atomic E-state index is 12.0. The van der Waals surface area contributed by atoms with Crippen molar-refractivity contribution in [2.75, 3.05) is 13.7 Å². The van der Waals surface area contributed by atoms with Crippen molar-refractivity contribution >= 4 is 17.5 Å². The number of aromatic nitrogens is 2. The normalized spacial score (nSPS) is 25.7. The van der Waals surface area contributed by atoms with Crippen LogP contribution in [-0.4, -0.2) is 35.9 Å². The maximum atomic E-state index is 12.0. The number of H-pyrrole nitrogens is 1. The lowest BCUT2D eigenvalue weighted by molar-refractivity contribution is -0.149. The van der Waals surface area contributed by atoms with Crippen molar-refractivity contribution in [1.82, 2.24) is 10.2 Å². The molecule has 0 aromatic carbocycles. The van der Waals surface area contributed by atoms with E-state index in [2.05, 4.69) is 23.2 Å². The Balaban J connectivity index is 1.75. The van der Waals surface area contributed by atoms with Crippen molar-refractivity contribution < 1.29 is 19.1 Å². The summed E-state index contributed by atoms with van der Waals surface area (Å²) in [5.74, 6) is -0.168. The number of esters is 2. The third-order valence-corrected chi connectivity index (χ3v) is 5.42. The van der Waals surface area contributed by atoms with E-state index in [1.54, 1.807) is 0 Å². The summed E-state index contributed by atoms with van der Waals surface area (Å²) in [6.07, 6.45) is 5.92.